The second-order valence-electron chi connectivity index (χ2n) is 4.55. The summed E-state index contributed by atoms with van der Waals surface area (Å²) < 4.78 is 0. The lowest BCUT2D eigenvalue weighted by Gasteiger charge is -2.06. The number of amides is 1. The molecule has 106 valence electrons. The quantitative estimate of drug-likeness (QED) is 0.890. The molecule has 2 aromatic heterocycles. The first-order chi connectivity index (χ1) is 9.49. The van der Waals surface area contributed by atoms with Gasteiger partial charge in [-0.15, -0.1) is 0 Å². The van der Waals surface area contributed by atoms with Crippen LogP contribution >= 0.6 is 11.3 Å². The van der Waals surface area contributed by atoms with Crippen LogP contribution in [0.25, 0.3) is 0 Å². The third-order valence-electron chi connectivity index (χ3n) is 2.77. The number of nitrogens with one attached hydrogen (secondary N) is 1. The van der Waals surface area contributed by atoms with Gasteiger partial charge in [-0.3, -0.25) is 9.78 Å². The Labute approximate surface area is 121 Å². The van der Waals surface area contributed by atoms with Crippen molar-refractivity contribution in [2.75, 3.05) is 24.7 Å². The van der Waals surface area contributed by atoms with Crippen molar-refractivity contribution in [1.82, 2.24) is 15.3 Å². The van der Waals surface area contributed by atoms with Gasteiger partial charge >= 0.3 is 0 Å². The summed E-state index contributed by atoms with van der Waals surface area (Å²) >= 11 is 1.27. The lowest BCUT2D eigenvalue weighted by Crippen LogP contribution is -2.23. The van der Waals surface area contributed by atoms with Crippen LogP contribution in [0.1, 0.15) is 20.9 Å². The number of nitrogens with two attached hydrogens (primary N) is 1. The van der Waals surface area contributed by atoms with Crippen LogP contribution in [0, 0.1) is 6.92 Å². The predicted molar refractivity (Wildman–Crippen MR) is 81.0 cm³/mol. The Balaban J connectivity index is 2.07. The summed E-state index contributed by atoms with van der Waals surface area (Å²) in [7, 11) is 3.72. The molecule has 0 bridgehead atoms. The maximum atomic E-state index is 12.1. The number of aromatic nitrogens is 2. The largest absolute Gasteiger partial charge is 0.382 e. The molecule has 0 spiro atoms. The van der Waals surface area contributed by atoms with Crippen LogP contribution in [-0.4, -0.2) is 30.0 Å². The Hall–Kier alpha value is -2.15. The highest BCUT2D eigenvalue weighted by Gasteiger charge is 2.17. The Morgan fingerprint density at radius 1 is 1.50 bits per heavy atom. The number of hydrogen-bond donors (Lipinski definition) is 2. The molecule has 0 aliphatic rings. The fourth-order valence-corrected chi connectivity index (χ4v) is 2.45. The van der Waals surface area contributed by atoms with E-state index in [0.717, 1.165) is 11.3 Å². The molecule has 0 atom stereocenters. The molecule has 0 aliphatic heterocycles. The molecule has 0 unspecified atom stereocenters. The zero-order chi connectivity index (χ0) is 14.7. The van der Waals surface area contributed by atoms with Crippen molar-refractivity contribution in [3.05, 3.63) is 34.5 Å². The molecule has 7 heteroatoms. The molecule has 0 saturated carbocycles. The Morgan fingerprint density at radius 3 is 2.85 bits per heavy atom. The van der Waals surface area contributed by atoms with Crippen LogP contribution in [0.15, 0.2) is 18.3 Å². The standard InChI is InChI=1S/C13H17N5OS/c1-8-5-4-6-15-9(8)7-16-12(19)10-11(14)17-13(20-10)18(2)3/h4-6H,7,14H2,1-3H3,(H,16,19). The van der Waals surface area contributed by atoms with Gasteiger partial charge in [-0.25, -0.2) is 4.98 Å². The molecule has 6 nitrogen and oxygen atoms in total. The molecule has 20 heavy (non-hydrogen) atoms. The fraction of sp³-hybridized carbons (Fsp3) is 0.308. The second kappa shape index (κ2) is 5.87. The van der Waals surface area contributed by atoms with Crippen molar-refractivity contribution in [1.29, 1.82) is 0 Å². The van der Waals surface area contributed by atoms with Gasteiger partial charge in [0.15, 0.2) is 5.13 Å². The van der Waals surface area contributed by atoms with Crippen LogP contribution in [-0.2, 0) is 6.54 Å². The Kier molecular flexibility index (Phi) is 4.19. The van der Waals surface area contributed by atoms with Gasteiger partial charge in [-0.1, -0.05) is 17.4 Å². The Morgan fingerprint density at radius 2 is 2.25 bits per heavy atom. The molecule has 0 saturated heterocycles. The Bertz CT molecular complexity index is 623. The zero-order valence-electron chi connectivity index (χ0n) is 11.7. The van der Waals surface area contributed by atoms with E-state index in [1.807, 2.05) is 38.1 Å². The number of hydrogen-bond acceptors (Lipinski definition) is 6. The molecule has 0 fully saturated rings. The summed E-state index contributed by atoms with van der Waals surface area (Å²) in [6, 6.07) is 3.82. The van der Waals surface area contributed by atoms with Gasteiger partial charge in [-0.2, -0.15) is 0 Å². The summed E-state index contributed by atoms with van der Waals surface area (Å²) in [5.41, 5.74) is 7.66. The van der Waals surface area contributed by atoms with E-state index in [9.17, 15) is 4.79 Å². The number of carbonyl (C=O) groups is 1. The first kappa shape index (κ1) is 14.3. The van der Waals surface area contributed by atoms with Crippen LogP contribution in [0.3, 0.4) is 0 Å². The summed E-state index contributed by atoms with van der Waals surface area (Å²) in [4.78, 5) is 22.8. The highest BCUT2D eigenvalue weighted by atomic mass is 32.1. The average Bonchev–Trinajstić information content (AvgIpc) is 2.80. The summed E-state index contributed by atoms with van der Waals surface area (Å²) in [6.45, 7) is 2.33. The average molecular weight is 291 g/mol. The number of nitrogen functional groups attached to an aromatic ring is 1. The number of anilines is 2. The lowest BCUT2D eigenvalue weighted by molar-refractivity contribution is 0.0955. The van der Waals surface area contributed by atoms with Gasteiger partial charge in [0.25, 0.3) is 5.91 Å². The van der Waals surface area contributed by atoms with Crippen LogP contribution in [0.4, 0.5) is 10.9 Å². The highest BCUT2D eigenvalue weighted by molar-refractivity contribution is 7.18. The smallest absolute Gasteiger partial charge is 0.265 e. The number of pyridine rings is 1. The lowest BCUT2D eigenvalue weighted by atomic mass is 10.2. The van der Waals surface area contributed by atoms with Gasteiger partial charge in [0.1, 0.15) is 10.7 Å². The zero-order valence-corrected chi connectivity index (χ0v) is 12.5. The van der Waals surface area contributed by atoms with Crippen LogP contribution in [0.5, 0.6) is 0 Å². The predicted octanol–water partition coefficient (Wildman–Crippen LogP) is 1.42. The van der Waals surface area contributed by atoms with Crippen molar-refractivity contribution in [2.45, 2.75) is 13.5 Å². The number of nitrogens with zero attached hydrogens (tertiary/aromatic N) is 3. The normalized spacial score (nSPS) is 10.3. The molecule has 0 aliphatic carbocycles. The van der Waals surface area contributed by atoms with E-state index in [0.29, 0.717) is 16.6 Å². The summed E-state index contributed by atoms with van der Waals surface area (Å²) in [6.07, 6.45) is 1.71. The van der Waals surface area contributed by atoms with E-state index in [1.165, 1.54) is 11.3 Å². The van der Waals surface area contributed by atoms with Crippen molar-refractivity contribution in [3.63, 3.8) is 0 Å². The van der Waals surface area contributed by atoms with E-state index in [4.69, 9.17) is 5.73 Å². The van der Waals surface area contributed by atoms with Crippen molar-refractivity contribution in [3.8, 4) is 0 Å². The molecule has 2 heterocycles. The molecule has 3 N–H and O–H groups in total. The second-order valence-corrected chi connectivity index (χ2v) is 5.53. The molecular formula is C13H17N5OS. The minimum atomic E-state index is -0.224. The maximum Gasteiger partial charge on any atom is 0.265 e. The minimum absolute atomic E-state index is 0.224. The first-order valence-corrected chi connectivity index (χ1v) is 6.93. The van der Waals surface area contributed by atoms with Crippen LogP contribution < -0.4 is 16.0 Å². The minimum Gasteiger partial charge on any atom is -0.382 e. The van der Waals surface area contributed by atoms with Crippen LogP contribution in [0.2, 0.25) is 0 Å². The van der Waals surface area contributed by atoms with Gasteiger partial charge in [0.2, 0.25) is 0 Å². The van der Waals surface area contributed by atoms with E-state index in [-0.39, 0.29) is 11.7 Å². The summed E-state index contributed by atoms with van der Waals surface area (Å²) in [5.74, 6) is 0.0343. The first-order valence-electron chi connectivity index (χ1n) is 6.11. The van der Waals surface area contributed by atoms with Crippen molar-refractivity contribution < 1.29 is 4.79 Å². The van der Waals surface area contributed by atoms with Gasteiger partial charge in [0.05, 0.1) is 12.2 Å². The third-order valence-corrected chi connectivity index (χ3v) is 4.00. The molecule has 2 aromatic rings. The number of carbonyl (C=O) groups excluding carboxylic acids is 1. The van der Waals surface area contributed by atoms with Gasteiger partial charge in [-0.05, 0) is 18.6 Å². The van der Waals surface area contributed by atoms with Crippen molar-refractivity contribution >= 4 is 28.2 Å². The van der Waals surface area contributed by atoms with Gasteiger partial charge < -0.3 is 16.0 Å². The molecule has 0 aromatic carbocycles. The van der Waals surface area contributed by atoms with Gasteiger partial charge in [0, 0.05) is 20.3 Å². The van der Waals surface area contributed by atoms with E-state index < -0.39 is 0 Å². The molecule has 2 rings (SSSR count). The fourth-order valence-electron chi connectivity index (χ4n) is 1.62. The van der Waals surface area contributed by atoms with E-state index in [2.05, 4.69) is 15.3 Å². The monoisotopic (exact) mass is 291 g/mol. The van der Waals surface area contributed by atoms with E-state index >= 15 is 0 Å². The topological polar surface area (TPSA) is 84.1 Å². The summed E-state index contributed by atoms with van der Waals surface area (Å²) in [5, 5.41) is 3.53. The number of rotatable bonds is 4. The molecular weight excluding hydrogens is 274 g/mol. The SMILES string of the molecule is Cc1cccnc1CNC(=O)c1sc(N(C)C)nc1N. The maximum absolute atomic E-state index is 12.1. The third kappa shape index (κ3) is 3.05. The molecule has 0 radical (unpaired) electrons. The van der Waals surface area contributed by atoms with E-state index in [1.54, 1.807) is 6.20 Å². The number of aryl methyl sites for hydroxylation is 1. The molecule has 1 amide bonds. The highest BCUT2D eigenvalue weighted by Crippen LogP contribution is 2.26. The van der Waals surface area contributed by atoms with Crippen molar-refractivity contribution in [2.24, 2.45) is 0 Å². The number of thiazole rings is 1.